The summed E-state index contributed by atoms with van der Waals surface area (Å²) in [5, 5.41) is 2.88. The first-order chi connectivity index (χ1) is 28.9. The molecular formula is C49H76N4O8. The zero-order chi connectivity index (χ0) is 45.6. The number of likely N-dealkylation sites (N-methyl/N-ethyl adjacent to an activating group) is 2. The molecule has 1 N–H and O–H groups in total. The molecule has 0 radical (unpaired) electrons. The third-order valence-electron chi connectivity index (χ3n) is 12.8. The third kappa shape index (κ3) is 13.9. The molecule has 1 saturated heterocycles. The summed E-state index contributed by atoms with van der Waals surface area (Å²) in [4.78, 5) is 75.3. The molecule has 0 aromatic heterocycles. The van der Waals surface area contributed by atoms with Crippen LogP contribution in [0.5, 0.6) is 0 Å². The molecule has 3 amide bonds. The Morgan fingerprint density at radius 3 is 2.07 bits per heavy atom. The summed E-state index contributed by atoms with van der Waals surface area (Å²) in [5.41, 5.74) is 3.18. The first-order valence-corrected chi connectivity index (χ1v) is 22.2. The quantitative estimate of drug-likeness (QED) is 0.118. The Labute approximate surface area is 366 Å². The van der Waals surface area contributed by atoms with Crippen molar-refractivity contribution in [3.63, 3.8) is 0 Å². The number of carbonyl (C=O) groups excluding carboxylic acids is 5. The molecule has 2 aromatic carbocycles. The average molecular weight is 849 g/mol. The van der Waals surface area contributed by atoms with Gasteiger partial charge in [-0.05, 0) is 55.7 Å². The number of amides is 3. The van der Waals surface area contributed by atoms with Gasteiger partial charge in [0, 0.05) is 53.1 Å². The number of Topliss-reactive ketones (excluding diaryl/α,β-unsaturated/α-hetero) is 1. The van der Waals surface area contributed by atoms with Crippen LogP contribution in [0.4, 0.5) is 0 Å². The molecule has 340 valence electrons. The summed E-state index contributed by atoms with van der Waals surface area (Å²) in [6, 6.07) is 15.6. The second-order valence-electron chi connectivity index (χ2n) is 18.0. The molecule has 0 aliphatic carbocycles. The van der Waals surface area contributed by atoms with E-state index in [9.17, 15) is 24.0 Å². The van der Waals surface area contributed by atoms with Gasteiger partial charge in [-0.2, -0.15) is 0 Å². The van der Waals surface area contributed by atoms with E-state index >= 15 is 0 Å². The second kappa shape index (κ2) is 24.5. The van der Waals surface area contributed by atoms with Crippen LogP contribution in [-0.2, 0) is 51.1 Å². The van der Waals surface area contributed by atoms with Crippen LogP contribution >= 0.6 is 0 Å². The molecule has 1 aliphatic rings. The van der Waals surface area contributed by atoms with E-state index in [2.05, 4.69) is 63.0 Å². The van der Waals surface area contributed by atoms with Crippen molar-refractivity contribution in [2.75, 3.05) is 42.0 Å². The Morgan fingerprint density at radius 1 is 0.852 bits per heavy atom. The Balaban J connectivity index is 1.79. The number of nitrogens with one attached hydrogen (secondary N) is 1. The Bertz CT molecular complexity index is 1720. The van der Waals surface area contributed by atoms with Gasteiger partial charge in [0.25, 0.3) is 0 Å². The summed E-state index contributed by atoms with van der Waals surface area (Å²) in [6.45, 7) is 17.1. The van der Waals surface area contributed by atoms with Gasteiger partial charge in [-0.15, -0.1) is 0 Å². The maximum Gasteiger partial charge on any atom is 0.328 e. The molecule has 2 aromatic rings. The fourth-order valence-corrected chi connectivity index (χ4v) is 9.33. The smallest absolute Gasteiger partial charge is 0.328 e. The van der Waals surface area contributed by atoms with Crippen molar-refractivity contribution in [2.45, 2.75) is 137 Å². The van der Waals surface area contributed by atoms with Gasteiger partial charge in [-0.3, -0.25) is 24.1 Å². The summed E-state index contributed by atoms with van der Waals surface area (Å²) in [6.07, 6.45) is 1.22. The van der Waals surface area contributed by atoms with Crippen molar-refractivity contribution in [1.82, 2.24) is 20.0 Å². The molecule has 0 spiro atoms. The van der Waals surface area contributed by atoms with Crippen LogP contribution in [0.15, 0.2) is 54.6 Å². The number of carbonyl (C=O) groups is 5. The first-order valence-electron chi connectivity index (χ1n) is 22.2. The zero-order valence-corrected chi connectivity index (χ0v) is 39.3. The van der Waals surface area contributed by atoms with E-state index in [1.54, 1.807) is 30.9 Å². The summed E-state index contributed by atoms with van der Waals surface area (Å²) in [5.74, 6) is -2.52. The summed E-state index contributed by atoms with van der Waals surface area (Å²) < 4.78 is 17.1. The molecule has 12 heteroatoms. The highest BCUT2D eigenvalue weighted by Gasteiger charge is 2.43. The third-order valence-corrected chi connectivity index (χ3v) is 12.8. The molecule has 0 saturated carbocycles. The fourth-order valence-electron chi connectivity index (χ4n) is 9.33. The summed E-state index contributed by atoms with van der Waals surface area (Å²) in [7, 11) is 8.16. The number of hydrogen-bond donors (Lipinski definition) is 1. The van der Waals surface area contributed by atoms with Crippen molar-refractivity contribution < 1.29 is 38.2 Å². The lowest BCUT2D eigenvalue weighted by Crippen LogP contribution is -2.55. The van der Waals surface area contributed by atoms with Crippen molar-refractivity contribution in [3.8, 4) is 0 Å². The molecule has 0 unspecified atom stereocenters. The van der Waals surface area contributed by atoms with Crippen LogP contribution in [0.1, 0.15) is 97.3 Å². The van der Waals surface area contributed by atoms with Crippen LogP contribution in [-0.4, -0.2) is 123 Å². The number of nitrogens with zero attached hydrogens (tertiary/aromatic N) is 3. The molecule has 9 atom stereocenters. The van der Waals surface area contributed by atoms with Crippen LogP contribution in [0.3, 0.4) is 0 Å². The van der Waals surface area contributed by atoms with Gasteiger partial charge < -0.3 is 29.3 Å². The molecule has 3 rings (SSSR count). The molecular weight excluding hydrogens is 773 g/mol. The van der Waals surface area contributed by atoms with Crippen LogP contribution in [0, 0.1) is 36.5 Å². The van der Waals surface area contributed by atoms with E-state index in [1.165, 1.54) is 19.8 Å². The lowest BCUT2D eigenvalue weighted by Gasteiger charge is -2.41. The van der Waals surface area contributed by atoms with E-state index in [4.69, 9.17) is 14.2 Å². The maximum absolute atomic E-state index is 14.6. The molecule has 1 fully saturated rings. The normalized spacial score (nSPS) is 18.2. The number of ketones is 1. The van der Waals surface area contributed by atoms with E-state index in [1.807, 2.05) is 57.3 Å². The first kappa shape index (κ1) is 51.2. The monoisotopic (exact) mass is 849 g/mol. The fraction of sp³-hybridized carbons (Fsp3) is 0.653. The predicted octanol–water partition coefficient (Wildman–Crippen LogP) is 6.50. The number of hydrogen-bond acceptors (Lipinski definition) is 9. The number of rotatable bonds is 24. The van der Waals surface area contributed by atoms with Crippen LogP contribution in [0.2, 0.25) is 0 Å². The van der Waals surface area contributed by atoms with E-state index in [-0.39, 0.29) is 66.6 Å². The predicted molar refractivity (Wildman–Crippen MR) is 239 cm³/mol. The van der Waals surface area contributed by atoms with Crippen molar-refractivity contribution in [1.29, 1.82) is 0 Å². The van der Waals surface area contributed by atoms with E-state index in [0.29, 0.717) is 19.5 Å². The lowest BCUT2D eigenvalue weighted by molar-refractivity contribution is -0.150. The number of esters is 1. The minimum atomic E-state index is -0.892. The minimum Gasteiger partial charge on any atom is -0.467 e. The van der Waals surface area contributed by atoms with E-state index < -0.39 is 48.1 Å². The zero-order valence-electron chi connectivity index (χ0n) is 39.3. The molecule has 0 bridgehead atoms. The SMILES string of the molecule is CC[C@H](C)[C@@H]([C@@H](CC(=O)N1CCC[C@H]1[C@H](OC)[C@@H](C)C(=O)N[C@@H](Cc1ccccc1)C(=O)OC)OC)N(C)C(=O)[C@@H](CC(=O)[C@H](C(C)C)N(C)Cc1cccc(C)c1)C(C)C. The Kier molecular flexibility index (Phi) is 20.6. The minimum absolute atomic E-state index is 0.0165. The summed E-state index contributed by atoms with van der Waals surface area (Å²) >= 11 is 0. The van der Waals surface area contributed by atoms with E-state index in [0.717, 1.165) is 24.0 Å². The second-order valence-corrected chi connectivity index (χ2v) is 18.0. The average Bonchev–Trinajstić information content (AvgIpc) is 3.71. The van der Waals surface area contributed by atoms with Crippen LogP contribution in [0.25, 0.3) is 0 Å². The topological polar surface area (TPSA) is 135 Å². The van der Waals surface area contributed by atoms with Gasteiger partial charge in [-0.1, -0.05) is 115 Å². The maximum atomic E-state index is 14.6. The van der Waals surface area contributed by atoms with Crippen molar-refractivity contribution >= 4 is 29.5 Å². The van der Waals surface area contributed by atoms with Gasteiger partial charge in [-0.25, -0.2) is 4.79 Å². The Hall–Kier alpha value is -4.13. The Morgan fingerprint density at radius 2 is 1.51 bits per heavy atom. The molecule has 1 aliphatic heterocycles. The van der Waals surface area contributed by atoms with Crippen molar-refractivity contribution in [3.05, 3.63) is 71.3 Å². The highest BCUT2D eigenvalue weighted by atomic mass is 16.5. The molecule has 1 heterocycles. The van der Waals surface area contributed by atoms with Gasteiger partial charge >= 0.3 is 5.97 Å². The van der Waals surface area contributed by atoms with Gasteiger partial charge in [0.2, 0.25) is 17.7 Å². The number of ether oxygens (including phenoxy) is 3. The number of likely N-dealkylation sites (tertiary alicyclic amines) is 1. The highest BCUT2D eigenvalue weighted by Crippen LogP contribution is 2.31. The number of aryl methyl sites for hydroxylation is 1. The molecule has 61 heavy (non-hydrogen) atoms. The molecule has 12 nitrogen and oxygen atoms in total. The van der Waals surface area contributed by atoms with Crippen LogP contribution < -0.4 is 5.32 Å². The standard InChI is InChI=1S/C49H76N4O8/c1-14-34(7)45(52(10)48(57)38(31(2)3)28-41(54)44(32(4)5)51(9)30-37-23-18-20-33(6)26-37)42(59-11)29-43(55)53-25-19-24-40(53)46(60-12)35(8)47(56)50-39(49(58)61-13)27-36-21-16-15-17-22-36/h15-18,20-23,26,31-32,34-35,38-40,42,44-46H,14,19,24-25,27-30H2,1-13H3,(H,50,56)/t34-,35+,38-,39-,40-,42+,44-,45-,46+/m0/s1. The lowest BCUT2D eigenvalue weighted by atomic mass is 9.83. The van der Waals surface area contributed by atoms with Gasteiger partial charge in [0.05, 0.1) is 49.8 Å². The van der Waals surface area contributed by atoms with Crippen molar-refractivity contribution in [2.24, 2.45) is 29.6 Å². The largest absolute Gasteiger partial charge is 0.467 e. The van der Waals surface area contributed by atoms with Gasteiger partial charge in [0.1, 0.15) is 6.04 Å². The number of benzene rings is 2. The number of methoxy groups -OCH3 is 3. The van der Waals surface area contributed by atoms with Gasteiger partial charge in [0.15, 0.2) is 5.78 Å². The highest BCUT2D eigenvalue weighted by molar-refractivity contribution is 5.90.